The standard InChI is InChI=1S/C13H8BrN5S/c1-20-13-17-6-8(5-15)11(18-13)10-7-16-12-9(14)3-2-4-19(10)12/h2-4,6-7H,1H3. The van der Waals surface area contributed by atoms with Gasteiger partial charge in [-0.15, -0.1) is 0 Å². The number of fused-ring (bicyclic) bond motifs is 1. The topological polar surface area (TPSA) is 66.9 Å². The molecule has 0 saturated carbocycles. The molecule has 3 rings (SSSR count). The first kappa shape index (κ1) is 13.1. The van der Waals surface area contributed by atoms with Crippen LogP contribution >= 0.6 is 27.7 Å². The van der Waals surface area contributed by atoms with E-state index in [0.29, 0.717) is 16.4 Å². The average Bonchev–Trinajstić information content (AvgIpc) is 2.92. The number of pyridine rings is 1. The highest BCUT2D eigenvalue weighted by Crippen LogP contribution is 2.26. The highest BCUT2D eigenvalue weighted by atomic mass is 79.9. The van der Waals surface area contributed by atoms with E-state index in [9.17, 15) is 5.26 Å². The molecule has 0 aliphatic rings. The number of aromatic nitrogens is 4. The molecule has 0 saturated heterocycles. The quantitative estimate of drug-likeness (QED) is 0.527. The predicted octanol–water partition coefficient (Wildman–Crippen LogP) is 3.15. The van der Waals surface area contributed by atoms with E-state index in [1.165, 1.54) is 11.8 Å². The van der Waals surface area contributed by atoms with Gasteiger partial charge >= 0.3 is 0 Å². The van der Waals surface area contributed by atoms with Crippen molar-refractivity contribution in [2.75, 3.05) is 6.26 Å². The fraction of sp³-hybridized carbons (Fsp3) is 0.0769. The van der Waals surface area contributed by atoms with Crippen molar-refractivity contribution in [2.45, 2.75) is 5.16 Å². The molecule has 5 nitrogen and oxygen atoms in total. The molecule has 0 aromatic carbocycles. The molecule has 0 radical (unpaired) electrons. The van der Waals surface area contributed by atoms with Gasteiger partial charge in [0.25, 0.3) is 0 Å². The monoisotopic (exact) mass is 345 g/mol. The summed E-state index contributed by atoms with van der Waals surface area (Å²) in [5, 5.41) is 9.86. The molecule has 3 heterocycles. The van der Waals surface area contributed by atoms with E-state index in [2.05, 4.69) is 37.0 Å². The van der Waals surface area contributed by atoms with E-state index in [4.69, 9.17) is 0 Å². The minimum absolute atomic E-state index is 0.435. The fourth-order valence-electron chi connectivity index (χ4n) is 1.89. The highest BCUT2D eigenvalue weighted by Gasteiger charge is 2.14. The summed E-state index contributed by atoms with van der Waals surface area (Å²) in [6, 6.07) is 5.96. The lowest BCUT2D eigenvalue weighted by atomic mass is 10.2. The molecule has 20 heavy (non-hydrogen) atoms. The van der Waals surface area contributed by atoms with Crippen LogP contribution in [0.1, 0.15) is 5.56 Å². The molecule has 7 heteroatoms. The summed E-state index contributed by atoms with van der Waals surface area (Å²) >= 11 is 4.90. The lowest BCUT2D eigenvalue weighted by Crippen LogP contribution is -1.97. The van der Waals surface area contributed by atoms with Crippen molar-refractivity contribution in [2.24, 2.45) is 0 Å². The first-order valence-electron chi connectivity index (χ1n) is 5.67. The lowest BCUT2D eigenvalue weighted by molar-refractivity contribution is 0.961. The summed E-state index contributed by atoms with van der Waals surface area (Å²) in [6.45, 7) is 0. The molecule has 0 unspecified atom stereocenters. The molecule has 0 spiro atoms. The van der Waals surface area contributed by atoms with Crippen LogP contribution in [-0.2, 0) is 0 Å². The normalized spacial score (nSPS) is 10.7. The number of nitrogens with zero attached hydrogens (tertiary/aromatic N) is 5. The Morgan fingerprint density at radius 3 is 2.95 bits per heavy atom. The number of rotatable bonds is 2. The zero-order valence-corrected chi connectivity index (χ0v) is 12.8. The Balaban J connectivity index is 2.31. The second-order valence-electron chi connectivity index (χ2n) is 3.92. The minimum Gasteiger partial charge on any atom is -0.297 e. The summed E-state index contributed by atoms with van der Waals surface area (Å²) in [7, 11) is 0. The fourth-order valence-corrected chi connectivity index (χ4v) is 2.68. The van der Waals surface area contributed by atoms with Gasteiger partial charge in [-0.1, -0.05) is 11.8 Å². The SMILES string of the molecule is CSc1ncc(C#N)c(-c2cnc3c(Br)cccn23)n1. The van der Waals surface area contributed by atoms with Crippen LogP contribution in [0.25, 0.3) is 17.0 Å². The zero-order chi connectivity index (χ0) is 14.1. The van der Waals surface area contributed by atoms with Crippen LogP contribution in [0.15, 0.2) is 40.4 Å². The lowest BCUT2D eigenvalue weighted by Gasteiger charge is -2.05. The molecule has 3 aromatic heterocycles. The predicted molar refractivity (Wildman–Crippen MR) is 80.4 cm³/mol. The molecular formula is C13H8BrN5S. The van der Waals surface area contributed by atoms with Crippen LogP contribution in [-0.4, -0.2) is 25.6 Å². The van der Waals surface area contributed by atoms with Crippen LogP contribution in [0.2, 0.25) is 0 Å². The summed E-state index contributed by atoms with van der Waals surface area (Å²) < 4.78 is 2.79. The minimum atomic E-state index is 0.435. The Morgan fingerprint density at radius 1 is 1.35 bits per heavy atom. The van der Waals surface area contributed by atoms with Crippen molar-refractivity contribution in [1.82, 2.24) is 19.4 Å². The van der Waals surface area contributed by atoms with Gasteiger partial charge in [-0.25, -0.2) is 15.0 Å². The summed E-state index contributed by atoms with van der Waals surface area (Å²) in [6.07, 6.45) is 7.06. The van der Waals surface area contributed by atoms with Crippen molar-refractivity contribution in [1.29, 1.82) is 5.26 Å². The van der Waals surface area contributed by atoms with Crippen LogP contribution in [0.5, 0.6) is 0 Å². The van der Waals surface area contributed by atoms with E-state index in [1.807, 2.05) is 29.0 Å². The number of halogens is 1. The van der Waals surface area contributed by atoms with Gasteiger partial charge in [-0.2, -0.15) is 5.26 Å². The Hall–Kier alpha value is -1.91. The zero-order valence-electron chi connectivity index (χ0n) is 10.4. The third-order valence-corrected chi connectivity index (χ3v) is 3.98. The Morgan fingerprint density at radius 2 is 2.20 bits per heavy atom. The Bertz CT molecular complexity index is 836. The maximum Gasteiger partial charge on any atom is 0.187 e. The maximum atomic E-state index is 9.23. The van der Waals surface area contributed by atoms with Crippen LogP contribution in [0.4, 0.5) is 0 Å². The van der Waals surface area contributed by atoms with Crippen molar-refractivity contribution < 1.29 is 0 Å². The van der Waals surface area contributed by atoms with Gasteiger partial charge in [0.05, 0.1) is 21.9 Å². The number of hydrogen-bond acceptors (Lipinski definition) is 5. The van der Waals surface area contributed by atoms with Gasteiger partial charge in [0, 0.05) is 12.4 Å². The summed E-state index contributed by atoms with van der Waals surface area (Å²) in [4.78, 5) is 12.9. The van der Waals surface area contributed by atoms with Crippen molar-refractivity contribution >= 4 is 33.3 Å². The molecule has 0 amide bonds. The molecular weight excluding hydrogens is 338 g/mol. The molecule has 3 aromatic rings. The largest absolute Gasteiger partial charge is 0.297 e. The molecule has 0 N–H and O–H groups in total. The molecule has 98 valence electrons. The smallest absolute Gasteiger partial charge is 0.187 e. The third kappa shape index (κ3) is 2.07. The molecule has 0 aliphatic heterocycles. The van der Waals surface area contributed by atoms with Crippen LogP contribution in [0, 0.1) is 11.3 Å². The van der Waals surface area contributed by atoms with E-state index in [0.717, 1.165) is 15.8 Å². The van der Waals surface area contributed by atoms with Crippen LogP contribution in [0.3, 0.4) is 0 Å². The Kier molecular flexibility index (Phi) is 3.42. The first-order valence-corrected chi connectivity index (χ1v) is 7.69. The number of hydrogen-bond donors (Lipinski definition) is 0. The van der Waals surface area contributed by atoms with E-state index >= 15 is 0 Å². The molecule has 0 aliphatic carbocycles. The van der Waals surface area contributed by atoms with Gasteiger partial charge in [0.15, 0.2) is 10.8 Å². The van der Waals surface area contributed by atoms with E-state index in [-0.39, 0.29) is 0 Å². The molecule has 0 atom stereocenters. The van der Waals surface area contributed by atoms with Crippen molar-refractivity contribution in [3.05, 3.63) is 40.8 Å². The van der Waals surface area contributed by atoms with Gasteiger partial charge in [-0.3, -0.25) is 4.40 Å². The van der Waals surface area contributed by atoms with Gasteiger partial charge in [0.1, 0.15) is 11.8 Å². The average molecular weight is 346 g/mol. The molecule has 0 fully saturated rings. The number of imidazole rings is 1. The second-order valence-corrected chi connectivity index (χ2v) is 5.55. The van der Waals surface area contributed by atoms with E-state index < -0.39 is 0 Å². The Labute approximate surface area is 127 Å². The second kappa shape index (κ2) is 5.23. The molecule has 0 bridgehead atoms. The van der Waals surface area contributed by atoms with Gasteiger partial charge in [0.2, 0.25) is 0 Å². The maximum absolute atomic E-state index is 9.23. The number of nitriles is 1. The van der Waals surface area contributed by atoms with Crippen molar-refractivity contribution in [3.8, 4) is 17.5 Å². The van der Waals surface area contributed by atoms with E-state index in [1.54, 1.807) is 12.4 Å². The third-order valence-electron chi connectivity index (χ3n) is 2.80. The summed E-state index contributed by atoms with van der Waals surface area (Å²) in [5.41, 5.74) is 2.59. The van der Waals surface area contributed by atoms with Gasteiger partial charge < -0.3 is 0 Å². The van der Waals surface area contributed by atoms with Crippen LogP contribution < -0.4 is 0 Å². The number of thioether (sulfide) groups is 1. The highest BCUT2D eigenvalue weighted by molar-refractivity contribution is 9.10. The summed E-state index contributed by atoms with van der Waals surface area (Å²) in [5.74, 6) is 0. The first-order chi connectivity index (χ1) is 9.74. The van der Waals surface area contributed by atoms with Gasteiger partial charge in [-0.05, 0) is 34.3 Å². The van der Waals surface area contributed by atoms with Crippen molar-refractivity contribution in [3.63, 3.8) is 0 Å².